The molecule has 2 aromatic heterocycles. The molecule has 0 aliphatic rings. The van der Waals surface area contributed by atoms with Crippen LogP contribution in [0.5, 0.6) is 0 Å². The lowest BCUT2D eigenvalue weighted by molar-refractivity contribution is 1.14. The number of fused-ring (bicyclic) bond motifs is 1. The monoisotopic (exact) mass is 348 g/mol. The number of benzene rings is 2. The fourth-order valence-corrected chi connectivity index (χ4v) is 2.78. The van der Waals surface area contributed by atoms with Crippen molar-refractivity contribution >= 4 is 34.3 Å². The van der Waals surface area contributed by atoms with Crippen LogP contribution in [0.2, 0.25) is 5.02 Å². The van der Waals surface area contributed by atoms with Crippen LogP contribution in [-0.2, 0) is 0 Å². The second kappa shape index (κ2) is 6.37. The summed E-state index contributed by atoms with van der Waals surface area (Å²) >= 11 is 5.95. The molecule has 0 fully saturated rings. The van der Waals surface area contributed by atoms with E-state index in [1.807, 2.05) is 42.5 Å². The van der Waals surface area contributed by atoms with Gasteiger partial charge in [-0.3, -0.25) is 9.78 Å². The number of para-hydroxylation sites is 1. The summed E-state index contributed by atoms with van der Waals surface area (Å²) in [4.78, 5) is 24.1. The van der Waals surface area contributed by atoms with Gasteiger partial charge in [0, 0.05) is 16.9 Å². The molecule has 0 amide bonds. The highest BCUT2D eigenvalue weighted by Crippen LogP contribution is 2.26. The molecule has 2 N–H and O–H groups in total. The van der Waals surface area contributed by atoms with Gasteiger partial charge in [0.25, 0.3) is 5.56 Å². The van der Waals surface area contributed by atoms with E-state index in [9.17, 15) is 4.79 Å². The Morgan fingerprint density at radius 1 is 0.960 bits per heavy atom. The van der Waals surface area contributed by atoms with E-state index in [0.717, 1.165) is 16.8 Å². The fraction of sp³-hybridized carbons (Fsp3) is 0. The Bertz CT molecular complexity index is 1090. The van der Waals surface area contributed by atoms with E-state index in [-0.39, 0.29) is 5.56 Å². The third kappa shape index (κ3) is 3.09. The third-order valence-corrected chi connectivity index (χ3v) is 4.05. The number of nitrogens with one attached hydrogen (secondary N) is 2. The van der Waals surface area contributed by atoms with Crippen molar-refractivity contribution < 1.29 is 0 Å². The highest BCUT2D eigenvalue weighted by atomic mass is 35.5. The van der Waals surface area contributed by atoms with Crippen LogP contribution in [-0.4, -0.2) is 15.0 Å². The van der Waals surface area contributed by atoms with E-state index >= 15 is 0 Å². The number of anilines is 2. The molecule has 2 heterocycles. The van der Waals surface area contributed by atoms with Crippen LogP contribution in [0.25, 0.3) is 22.2 Å². The zero-order valence-corrected chi connectivity index (χ0v) is 13.8. The van der Waals surface area contributed by atoms with E-state index in [1.165, 1.54) is 0 Å². The summed E-state index contributed by atoms with van der Waals surface area (Å²) in [7, 11) is 0. The van der Waals surface area contributed by atoms with Gasteiger partial charge in [-0.25, -0.2) is 4.98 Å². The van der Waals surface area contributed by atoms with E-state index < -0.39 is 0 Å². The molecule has 0 atom stereocenters. The van der Waals surface area contributed by atoms with E-state index in [4.69, 9.17) is 11.6 Å². The lowest BCUT2D eigenvalue weighted by Crippen LogP contribution is -2.13. The average molecular weight is 349 g/mol. The topological polar surface area (TPSA) is 70.7 Å². The zero-order chi connectivity index (χ0) is 17.2. The summed E-state index contributed by atoms with van der Waals surface area (Å²) in [6.45, 7) is 0. The third-order valence-electron chi connectivity index (χ3n) is 3.80. The molecule has 25 heavy (non-hydrogen) atoms. The minimum atomic E-state index is -0.249. The van der Waals surface area contributed by atoms with Gasteiger partial charge in [-0.15, -0.1) is 0 Å². The maximum absolute atomic E-state index is 12.6. The lowest BCUT2D eigenvalue weighted by Gasteiger charge is -2.08. The van der Waals surface area contributed by atoms with Gasteiger partial charge in [-0.2, -0.15) is 4.98 Å². The van der Waals surface area contributed by atoms with Gasteiger partial charge in [0.1, 0.15) is 0 Å². The highest BCUT2D eigenvalue weighted by Gasteiger charge is 2.11. The van der Waals surface area contributed by atoms with Gasteiger partial charge >= 0.3 is 0 Å². The molecule has 6 heteroatoms. The number of rotatable bonds is 3. The first-order valence-corrected chi connectivity index (χ1v) is 8.05. The molecule has 0 aliphatic carbocycles. The normalized spacial score (nSPS) is 10.8. The van der Waals surface area contributed by atoms with E-state index in [2.05, 4.69) is 20.3 Å². The van der Waals surface area contributed by atoms with Crippen molar-refractivity contribution in [1.29, 1.82) is 0 Å². The number of aromatic nitrogens is 3. The van der Waals surface area contributed by atoms with Gasteiger partial charge in [-0.05, 0) is 41.5 Å². The molecule has 2 aromatic carbocycles. The highest BCUT2D eigenvalue weighted by molar-refractivity contribution is 6.30. The minimum Gasteiger partial charge on any atom is -0.326 e. The predicted octanol–water partition coefficient (Wildman–Crippen LogP) is 4.38. The molecule has 4 rings (SSSR count). The number of hydrogen-bond acceptors (Lipinski definition) is 4. The van der Waals surface area contributed by atoms with Gasteiger partial charge in [0.15, 0.2) is 5.65 Å². The van der Waals surface area contributed by atoms with Crippen LogP contribution in [0.4, 0.5) is 11.6 Å². The Labute approximate surface area is 148 Å². The zero-order valence-electron chi connectivity index (χ0n) is 13.0. The molecule has 0 saturated carbocycles. The maximum atomic E-state index is 12.6. The smallest absolute Gasteiger partial charge is 0.262 e. The van der Waals surface area contributed by atoms with Crippen LogP contribution in [0, 0.1) is 0 Å². The van der Waals surface area contributed by atoms with Crippen molar-refractivity contribution in [1.82, 2.24) is 15.0 Å². The first-order chi connectivity index (χ1) is 12.2. The molecule has 0 saturated heterocycles. The van der Waals surface area contributed by atoms with Crippen LogP contribution in [0.1, 0.15) is 0 Å². The Morgan fingerprint density at radius 2 is 1.72 bits per heavy atom. The summed E-state index contributed by atoms with van der Waals surface area (Å²) in [6.07, 6.45) is 1.64. The lowest BCUT2D eigenvalue weighted by atomic mass is 10.0. The molecule has 0 unspecified atom stereocenters. The maximum Gasteiger partial charge on any atom is 0.262 e. The van der Waals surface area contributed by atoms with Crippen LogP contribution in [0.3, 0.4) is 0 Å². The summed E-state index contributed by atoms with van der Waals surface area (Å²) in [5.41, 5.74) is 2.62. The molecule has 4 aromatic rings. The Morgan fingerprint density at radius 3 is 2.48 bits per heavy atom. The number of pyridine rings is 1. The van der Waals surface area contributed by atoms with Crippen molar-refractivity contribution in [2.45, 2.75) is 0 Å². The van der Waals surface area contributed by atoms with Gasteiger partial charge in [0.05, 0.1) is 5.39 Å². The second-order valence-corrected chi connectivity index (χ2v) is 5.91. The molecular weight excluding hydrogens is 336 g/mol. The number of halogens is 1. The van der Waals surface area contributed by atoms with Crippen molar-refractivity contribution in [2.24, 2.45) is 0 Å². The summed E-state index contributed by atoms with van der Waals surface area (Å²) in [5, 5.41) is 4.17. The number of aromatic amines is 1. The molecule has 0 spiro atoms. The largest absolute Gasteiger partial charge is 0.326 e. The second-order valence-electron chi connectivity index (χ2n) is 5.47. The van der Waals surface area contributed by atoms with Crippen LogP contribution < -0.4 is 10.9 Å². The Hall–Kier alpha value is -3.18. The van der Waals surface area contributed by atoms with Crippen molar-refractivity contribution in [3.63, 3.8) is 0 Å². The standard InChI is InChI=1S/C19H13ClN4O/c20-13-8-6-12(7-9-13)15-10-11-21-17-16(15)18(25)24-19(23-17)22-14-4-2-1-3-5-14/h1-11H,(H2,21,22,23,24,25). The number of H-pyrrole nitrogens is 1. The summed E-state index contributed by atoms with van der Waals surface area (Å²) in [6, 6.07) is 18.6. The van der Waals surface area contributed by atoms with Crippen molar-refractivity contribution in [3.05, 3.63) is 82.2 Å². The molecule has 0 radical (unpaired) electrons. The van der Waals surface area contributed by atoms with Crippen molar-refractivity contribution in [2.75, 3.05) is 5.32 Å². The Kier molecular flexibility index (Phi) is 3.91. The molecule has 0 aliphatic heterocycles. The molecule has 5 nitrogen and oxygen atoms in total. The SMILES string of the molecule is O=c1[nH]c(Nc2ccccc2)nc2nccc(-c3ccc(Cl)cc3)c12. The Balaban J connectivity index is 1.83. The first-order valence-electron chi connectivity index (χ1n) is 7.68. The van der Waals surface area contributed by atoms with E-state index in [1.54, 1.807) is 24.4 Å². The quantitative estimate of drug-likeness (QED) is 0.576. The number of hydrogen-bond donors (Lipinski definition) is 2. The fourth-order valence-electron chi connectivity index (χ4n) is 2.65. The molecule has 0 bridgehead atoms. The first kappa shape index (κ1) is 15.4. The van der Waals surface area contributed by atoms with Gasteiger partial charge in [0.2, 0.25) is 5.95 Å². The van der Waals surface area contributed by atoms with Crippen LogP contribution >= 0.6 is 11.6 Å². The molecule has 122 valence electrons. The molecular formula is C19H13ClN4O. The van der Waals surface area contributed by atoms with Crippen LogP contribution in [0.15, 0.2) is 71.7 Å². The predicted molar refractivity (Wildman–Crippen MR) is 100 cm³/mol. The number of nitrogens with zero attached hydrogens (tertiary/aromatic N) is 2. The van der Waals surface area contributed by atoms with Gasteiger partial charge < -0.3 is 5.32 Å². The minimum absolute atomic E-state index is 0.249. The summed E-state index contributed by atoms with van der Waals surface area (Å²) in [5.74, 6) is 0.351. The average Bonchev–Trinajstić information content (AvgIpc) is 2.63. The van der Waals surface area contributed by atoms with Crippen molar-refractivity contribution in [3.8, 4) is 11.1 Å². The van der Waals surface area contributed by atoms with E-state index in [0.29, 0.717) is 22.0 Å². The summed E-state index contributed by atoms with van der Waals surface area (Å²) < 4.78 is 0. The van der Waals surface area contributed by atoms with Gasteiger partial charge in [-0.1, -0.05) is 41.9 Å².